The van der Waals surface area contributed by atoms with E-state index in [-0.39, 0.29) is 10.9 Å². The van der Waals surface area contributed by atoms with Gasteiger partial charge in [-0.05, 0) is 48.6 Å². The Morgan fingerprint density at radius 1 is 1.22 bits per heavy atom. The van der Waals surface area contributed by atoms with E-state index in [0.29, 0.717) is 10.2 Å². The van der Waals surface area contributed by atoms with Gasteiger partial charge in [-0.3, -0.25) is 0 Å². The van der Waals surface area contributed by atoms with Gasteiger partial charge in [0.1, 0.15) is 10.6 Å². The molecule has 4 nitrogen and oxygen atoms in total. The smallest absolute Gasteiger partial charge is 0.244 e. The van der Waals surface area contributed by atoms with Crippen LogP contribution in [0.4, 0.5) is 0 Å². The highest BCUT2D eigenvalue weighted by Gasteiger charge is 2.27. The van der Waals surface area contributed by atoms with E-state index in [4.69, 9.17) is 4.74 Å². The monoisotopic (exact) mass is 395 g/mol. The fourth-order valence-electron chi connectivity index (χ4n) is 2.99. The van der Waals surface area contributed by atoms with Gasteiger partial charge < -0.3 is 4.74 Å². The van der Waals surface area contributed by atoms with Crippen LogP contribution in [-0.4, -0.2) is 15.5 Å². The molecule has 0 aromatic heterocycles. The summed E-state index contributed by atoms with van der Waals surface area (Å²) in [5, 5.41) is 0. The standard InChI is InChI=1S/C17H18BrNO3S/c1-22-16-10-9-13(18)11-17(16)23(20,21)19-15-8-4-6-12-5-2-3-7-14(12)15/h2-3,5,7,9-11,15,19H,4,6,8H2,1H3. The Balaban J connectivity index is 1.96. The van der Waals surface area contributed by atoms with Crippen molar-refractivity contribution in [3.8, 4) is 5.75 Å². The van der Waals surface area contributed by atoms with Crippen LogP contribution in [0, 0.1) is 0 Å². The summed E-state index contributed by atoms with van der Waals surface area (Å²) in [6.07, 6.45) is 2.76. The van der Waals surface area contributed by atoms with Gasteiger partial charge in [-0.2, -0.15) is 0 Å². The highest BCUT2D eigenvalue weighted by Crippen LogP contribution is 2.33. The van der Waals surface area contributed by atoms with Gasteiger partial charge >= 0.3 is 0 Å². The molecule has 0 spiro atoms. The van der Waals surface area contributed by atoms with Crippen molar-refractivity contribution in [2.24, 2.45) is 0 Å². The minimum Gasteiger partial charge on any atom is -0.495 e. The van der Waals surface area contributed by atoms with Crippen molar-refractivity contribution in [1.82, 2.24) is 4.72 Å². The molecule has 3 rings (SSSR count). The molecule has 6 heteroatoms. The fourth-order valence-corrected chi connectivity index (χ4v) is 4.94. The predicted octanol–water partition coefficient (Wildman–Crippen LogP) is 3.81. The molecule has 0 aliphatic heterocycles. The summed E-state index contributed by atoms with van der Waals surface area (Å²) in [6.45, 7) is 0. The molecule has 1 aliphatic carbocycles. The molecule has 1 unspecified atom stereocenters. The zero-order chi connectivity index (χ0) is 16.4. The molecule has 1 N–H and O–H groups in total. The number of methoxy groups -OCH3 is 1. The summed E-state index contributed by atoms with van der Waals surface area (Å²) >= 11 is 3.32. The first kappa shape index (κ1) is 16.5. The highest BCUT2D eigenvalue weighted by molar-refractivity contribution is 9.10. The van der Waals surface area contributed by atoms with E-state index in [1.165, 1.54) is 12.7 Å². The van der Waals surface area contributed by atoms with Crippen molar-refractivity contribution in [3.63, 3.8) is 0 Å². The molecule has 0 amide bonds. The van der Waals surface area contributed by atoms with Crippen molar-refractivity contribution in [2.75, 3.05) is 7.11 Å². The summed E-state index contributed by atoms with van der Waals surface area (Å²) in [7, 11) is -2.20. The maximum Gasteiger partial charge on any atom is 0.244 e. The lowest BCUT2D eigenvalue weighted by atomic mass is 9.88. The topological polar surface area (TPSA) is 55.4 Å². The molecule has 0 saturated heterocycles. The van der Waals surface area contributed by atoms with Crippen LogP contribution in [0.25, 0.3) is 0 Å². The SMILES string of the molecule is COc1ccc(Br)cc1S(=O)(=O)NC1CCCc2ccccc21. The normalized spacial score (nSPS) is 17.6. The van der Waals surface area contributed by atoms with E-state index in [1.807, 2.05) is 18.2 Å². The van der Waals surface area contributed by atoms with Gasteiger partial charge in [-0.1, -0.05) is 40.2 Å². The van der Waals surface area contributed by atoms with Gasteiger partial charge in [0.15, 0.2) is 0 Å². The molecular formula is C17H18BrNO3S. The molecule has 0 saturated carbocycles. The summed E-state index contributed by atoms with van der Waals surface area (Å²) in [6, 6.07) is 12.8. The molecular weight excluding hydrogens is 378 g/mol. The Kier molecular flexibility index (Phi) is 4.75. The molecule has 2 aromatic carbocycles. The Morgan fingerprint density at radius 2 is 2.00 bits per heavy atom. The average molecular weight is 396 g/mol. The maximum absolute atomic E-state index is 12.8. The molecule has 0 fully saturated rings. The van der Waals surface area contributed by atoms with E-state index < -0.39 is 10.0 Å². The zero-order valence-corrected chi connectivity index (χ0v) is 15.2. The van der Waals surface area contributed by atoms with E-state index in [0.717, 1.165) is 24.8 Å². The first-order valence-electron chi connectivity index (χ1n) is 7.45. The third-order valence-electron chi connectivity index (χ3n) is 4.08. The van der Waals surface area contributed by atoms with Crippen LogP contribution >= 0.6 is 15.9 Å². The van der Waals surface area contributed by atoms with E-state index in [1.54, 1.807) is 18.2 Å². The van der Waals surface area contributed by atoms with E-state index in [2.05, 4.69) is 26.7 Å². The van der Waals surface area contributed by atoms with E-state index >= 15 is 0 Å². The van der Waals surface area contributed by atoms with Crippen molar-refractivity contribution >= 4 is 26.0 Å². The van der Waals surface area contributed by atoms with Crippen molar-refractivity contribution in [3.05, 3.63) is 58.1 Å². The Hall–Kier alpha value is -1.37. The highest BCUT2D eigenvalue weighted by atomic mass is 79.9. The summed E-state index contributed by atoms with van der Waals surface area (Å²) < 4.78 is 34.4. The van der Waals surface area contributed by atoms with Crippen LogP contribution in [0.5, 0.6) is 5.75 Å². The van der Waals surface area contributed by atoms with Crippen molar-refractivity contribution in [1.29, 1.82) is 0 Å². The Bertz CT molecular complexity index is 820. The second-order valence-corrected chi connectivity index (χ2v) is 8.16. The summed E-state index contributed by atoms with van der Waals surface area (Å²) in [5.74, 6) is 0.338. The number of sulfonamides is 1. The number of benzene rings is 2. The molecule has 1 aliphatic rings. The van der Waals surface area contributed by atoms with Gasteiger partial charge in [-0.15, -0.1) is 0 Å². The van der Waals surface area contributed by atoms with Crippen molar-refractivity contribution in [2.45, 2.75) is 30.2 Å². The van der Waals surface area contributed by atoms with Crippen LogP contribution < -0.4 is 9.46 Å². The average Bonchev–Trinajstić information content (AvgIpc) is 2.55. The molecule has 23 heavy (non-hydrogen) atoms. The number of rotatable bonds is 4. The first-order valence-corrected chi connectivity index (χ1v) is 9.72. The van der Waals surface area contributed by atoms with Gasteiger partial charge in [0.2, 0.25) is 10.0 Å². The fraction of sp³-hybridized carbons (Fsp3) is 0.294. The number of hydrogen-bond acceptors (Lipinski definition) is 3. The molecule has 2 aromatic rings. The first-order chi connectivity index (χ1) is 11.0. The molecule has 0 bridgehead atoms. The van der Waals surface area contributed by atoms with Crippen molar-refractivity contribution < 1.29 is 13.2 Å². The van der Waals surface area contributed by atoms with Crippen LogP contribution in [0.3, 0.4) is 0 Å². The molecule has 0 radical (unpaired) electrons. The summed E-state index contributed by atoms with van der Waals surface area (Å²) in [4.78, 5) is 0.150. The minimum absolute atomic E-state index is 0.150. The van der Waals surface area contributed by atoms with Crippen LogP contribution in [0.1, 0.15) is 30.0 Å². The number of halogens is 1. The van der Waals surface area contributed by atoms with Gasteiger partial charge in [0, 0.05) is 10.5 Å². The second-order valence-electron chi connectivity index (χ2n) is 5.56. The predicted molar refractivity (Wildman–Crippen MR) is 93.1 cm³/mol. The number of ether oxygens (including phenoxy) is 1. The lowest BCUT2D eigenvalue weighted by molar-refractivity contribution is 0.401. The molecule has 0 heterocycles. The zero-order valence-electron chi connectivity index (χ0n) is 12.8. The number of nitrogens with one attached hydrogen (secondary N) is 1. The minimum atomic E-state index is -3.67. The second kappa shape index (κ2) is 6.63. The quantitative estimate of drug-likeness (QED) is 0.855. The van der Waals surface area contributed by atoms with E-state index in [9.17, 15) is 8.42 Å². The molecule has 122 valence electrons. The number of hydrogen-bond donors (Lipinski definition) is 1. The lowest BCUT2D eigenvalue weighted by Gasteiger charge is -2.26. The van der Waals surface area contributed by atoms with Gasteiger partial charge in [0.05, 0.1) is 7.11 Å². The third-order valence-corrected chi connectivity index (χ3v) is 6.07. The summed E-state index contributed by atoms with van der Waals surface area (Å²) in [5.41, 5.74) is 2.28. The molecule has 1 atom stereocenters. The Morgan fingerprint density at radius 3 is 2.78 bits per heavy atom. The van der Waals surface area contributed by atoms with Gasteiger partial charge in [0.25, 0.3) is 0 Å². The lowest BCUT2D eigenvalue weighted by Crippen LogP contribution is -2.31. The number of aryl methyl sites for hydroxylation is 1. The Labute approximate surface area is 145 Å². The third kappa shape index (κ3) is 3.44. The largest absolute Gasteiger partial charge is 0.495 e. The van der Waals surface area contributed by atoms with Crippen LogP contribution in [-0.2, 0) is 16.4 Å². The van der Waals surface area contributed by atoms with Gasteiger partial charge in [-0.25, -0.2) is 13.1 Å². The van der Waals surface area contributed by atoms with Crippen LogP contribution in [0.2, 0.25) is 0 Å². The number of fused-ring (bicyclic) bond motifs is 1. The maximum atomic E-state index is 12.8. The van der Waals surface area contributed by atoms with Crippen LogP contribution in [0.15, 0.2) is 51.8 Å².